The fourth-order valence-corrected chi connectivity index (χ4v) is 5.74. The molecular formula is C45H27N3O2. The molecule has 0 amide bonds. The molecule has 3 heterocycles. The molecule has 5 heteroatoms. The van der Waals surface area contributed by atoms with E-state index in [9.17, 15) is 5.48 Å². The molecule has 0 radical (unpaired) electrons. The van der Waals surface area contributed by atoms with Gasteiger partial charge in [0.25, 0.3) is 0 Å². The Kier molecular flexibility index (Phi) is 3.87. The van der Waals surface area contributed by atoms with Crippen molar-refractivity contribution in [3.63, 3.8) is 0 Å². The van der Waals surface area contributed by atoms with Gasteiger partial charge in [0.05, 0.1) is 20.6 Å². The third-order valence-corrected chi connectivity index (χ3v) is 8.16. The summed E-state index contributed by atoms with van der Waals surface area (Å²) in [4.78, 5) is 14.0. The monoisotopic (exact) mass is 656 g/mol. The summed E-state index contributed by atoms with van der Waals surface area (Å²) in [5, 5.41) is 1.19. The normalized spacial score (nSPS) is 15.8. The lowest BCUT2D eigenvalue weighted by Crippen LogP contribution is -2.00. The van der Waals surface area contributed by atoms with E-state index >= 15 is 0 Å². The number of hydrogen-bond donors (Lipinski definition) is 0. The van der Waals surface area contributed by atoms with Crippen molar-refractivity contribution in [2.75, 3.05) is 0 Å². The SMILES string of the molecule is [2H]c1c([2H])c(-c2c([2H])c([2H])c(-c3c([2H])c([2H])c4oc5c([2H])c([2H])c([2H])c([2H])c5c4c3[2H])c([2H])c2[2H])c([2H])c([2H])c1-c1nc(-c2ccccc2)nc(-c2ccc3c(c2)oc2ccccc23)n1. The molecule has 0 spiro atoms. The van der Waals surface area contributed by atoms with Crippen LogP contribution in [0.2, 0.25) is 0 Å². The molecule has 0 fully saturated rings. The summed E-state index contributed by atoms with van der Waals surface area (Å²) in [7, 11) is 0. The Hall–Kier alpha value is -6.85. The van der Waals surface area contributed by atoms with Crippen molar-refractivity contribution in [2.45, 2.75) is 0 Å². The van der Waals surface area contributed by atoms with Crippen molar-refractivity contribution >= 4 is 43.9 Å². The highest BCUT2D eigenvalue weighted by molar-refractivity contribution is 6.07. The number of para-hydroxylation sites is 2. The van der Waals surface area contributed by atoms with Crippen LogP contribution >= 0.6 is 0 Å². The number of fused-ring (bicyclic) bond motifs is 6. The number of rotatable bonds is 5. The molecule has 0 aliphatic carbocycles. The lowest BCUT2D eigenvalue weighted by atomic mass is 9.98. The van der Waals surface area contributed by atoms with Crippen molar-refractivity contribution in [2.24, 2.45) is 0 Å². The highest BCUT2D eigenvalue weighted by atomic mass is 16.3. The second-order valence-electron chi connectivity index (χ2n) is 11.2. The maximum absolute atomic E-state index is 9.22. The van der Waals surface area contributed by atoms with E-state index in [-0.39, 0.29) is 39.4 Å². The number of hydrogen-bond acceptors (Lipinski definition) is 5. The summed E-state index contributed by atoms with van der Waals surface area (Å²) in [6, 6.07) is 11.1. The van der Waals surface area contributed by atoms with Crippen LogP contribution < -0.4 is 0 Å². The van der Waals surface area contributed by atoms with Gasteiger partial charge in [0, 0.05) is 38.2 Å². The Bertz CT molecular complexity index is 3680. The van der Waals surface area contributed by atoms with Gasteiger partial charge in [-0.3, -0.25) is 0 Å². The molecular weight excluding hydrogens is 615 g/mol. The molecule has 234 valence electrons. The molecule has 0 aliphatic heterocycles. The molecule has 0 unspecified atom stereocenters. The minimum Gasteiger partial charge on any atom is -0.456 e. The molecule has 5 nitrogen and oxygen atoms in total. The third-order valence-electron chi connectivity index (χ3n) is 8.16. The molecule has 0 N–H and O–H groups in total. The Labute approximate surface area is 308 Å². The van der Waals surface area contributed by atoms with Gasteiger partial charge in [-0.05, 0) is 58.6 Å². The van der Waals surface area contributed by atoms with E-state index in [1.54, 1.807) is 42.5 Å². The first-order valence-electron chi connectivity index (χ1n) is 22.9. The standard InChI is InChI=1S/C45H27N3O2/c1-2-8-31(9-3-1)43-46-44(48-45(47-43)34-22-24-37-35-10-4-6-12-39(35)50-42(37)27-34)32-20-18-29(19-21-32)28-14-16-30(17-15-28)33-23-25-41-38(26-33)36-11-5-7-13-40(36)49-41/h1-27H/i5D,7D,11D,13D,14D,15D,16D,17D,18D,19D,20D,21D,23D,25D,26D. The average Bonchev–Trinajstić information content (AvgIpc) is 3.90. The van der Waals surface area contributed by atoms with E-state index in [0.29, 0.717) is 22.3 Å². The number of benzene rings is 7. The molecule has 10 rings (SSSR count). The predicted molar refractivity (Wildman–Crippen MR) is 202 cm³/mol. The van der Waals surface area contributed by atoms with Crippen molar-refractivity contribution in [3.05, 3.63) is 163 Å². The Morgan fingerprint density at radius 3 is 1.70 bits per heavy atom. The van der Waals surface area contributed by atoms with Crippen LogP contribution in [0.3, 0.4) is 0 Å². The Morgan fingerprint density at radius 1 is 0.360 bits per heavy atom. The van der Waals surface area contributed by atoms with E-state index in [1.807, 2.05) is 30.3 Å². The quantitative estimate of drug-likeness (QED) is 0.184. The topological polar surface area (TPSA) is 65.0 Å². The highest BCUT2D eigenvalue weighted by Gasteiger charge is 2.15. The van der Waals surface area contributed by atoms with Crippen LogP contribution in [0.25, 0.3) is 100 Å². The molecule has 7 aromatic carbocycles. The van der Waals surface area contributed by atoms with E-state index in [1.165, 1.54) is 0 Å². The van der Waals surface area contributed by atoms with Gasteiger partial charge in [-0.2, -0.15) is 0 Å². The van der Waals surface area contributed by atoms with Gasteiger partial charge in [-0.1, -0.05) is 127 Å². The second kappa shape index (κ2) is 11.4. The van der Waals surface area contributed by atoms with Crippen molar-refractivity contribution in [1.82, 2.24) is 15.0 Å². The van der Waals surface area contributed by atoms with E-state index < -0.39 is 118 Å². The molecule has 3 aromatic heterocycles. The fraction of sp³-hybridized carbons (Fsp3) is 0. The first-order chi connectivity index (χ1) is 31.0. The Morgan fingerprint density at radius 2 is 0.920 bits per heavy atom. The smallest absolute Gasteiger partial charge is 0.164 e. The predicted octanol–water partition coefficient (Wildman–Crippen LogP) is 12.0. The van der Waals surface area contributed by atoms with Gasteiger partial charge >= 0.3 is 0 Å². The van der Waals surface area contributed by atoms with Crippen LogP contribution in [0.1, 0.15) is 20.6 Å². The summed E-state index contributed by atoms with van der Waals surface area (Å²) < 4.78 is 145. The van der Waals surface area contributed by atoms with Gasteiger partial charge in [0.15, 0.2) is 17.5 Å². The Balaban J connectivity index is 1.16. The van der Waals surface area contributed by atoms with Gasteiger partial charge in [-0.25, -0.2) is 15.0 Å². The number of aromatic nitrogens is 3. The molecule has 10 aromatic rings. The van der Waals surface area contributed by atoms with Crippen molar-refractivity contribution in [3.8, 4) is 56.4 Å². The minimum absolute atomic E-state index is 0.132. The average molecular weight is 657 g/mol. The van der Waals surface area contributed by atoms with Crippen molar-refractivity contribution in [1.29, 1.82) is 0 Å². The largest absolute Gasteiger partial charge is 0.456 e. The highest BCUT2D eigenvalue weighted by Crippen LogP contribution is 2.35. The molecule has 0 aliphatic rings. The fourth-order valence-electron chi connectivity index (χ4n) is 5.74. The summed E-state index contributed by atoms with van der Waals surface area (Å²) in [5.41, 5.74) is -1.18. The lowest BCUT2D eigenvalue weighted by Gasteiger charge is -2.09. The zero-order valence-electron chi connectivity index (χ0n) is 40.6. The molecule has 0 bridgehead atoms. The summed E-state index contributed by atoms with van der Waals surface area (Å²) in [5.74, 6) is 0.0700. The molecule has 0 saturated carbocycles. The van der Waals surface area contributed by atoms with E-state index in [4.69, 9.17) is 28.9 Å². The van der Waals surface area contributed by atoms with Crippen molar-refractivity contribution < 1.29 is 29.4 Å². The maximum atomic E-state index is 9.22. The summed E-state index contributed by atoms with van der Waals surface area (Å²) in [6.45, 7) is 0. The van der Waals surface area contributed by atoms with Crippen LogP contribution in [-0.4, -0.2) is 15.0 Å². The minimum atomic E-state index is -0.839. The van der Waals surface area contributed by atoms with Crippen LogP contribution in [-0.2, 0) is 0 Å². The van der Waals surface area contributed by atoms with Gasteiger partial charge in [0.1, 0.15) is 22.3 Å². The van der Waals surface area contributed by atoms with Crippen LogP contribution in [0.5, 0.6) is 0 Å². The number of furan rings is 2. The van der Waals surface area contributed by atoms with Crippen LogP contribution in [0, 0.1) is 0 Å². The second-order valence-corrected chi connectivity index (χ2v) is 11.2. The van der Waals surface area contributed by atoms with Gasteiger partial charge in [0.2, 0.25) is 0 Å². The van der Waals surface area contributed by atoms with E-state index in [2.05, 4.69) is 9.97 Å². The molecule has 0 atom stereocenters. The van der Waals surface area contributed by atoms with E-state index in [0.717, 1.165) is 10.8 Å². The number of nitrogens with zero attached hydrogens (tertiary/aromatic N) is 3. The molecule has 0 saturated heterocycles. The zero-order valence-corrected chi connectivity index (χ0v) is 25.6. The van der Waals surface area contributed by atoms with Gasteiger partial charge in [-0.15, -0.1) is 0 Å². The zero-order chi connectivity index (χ0) is 46.1. The maximum Gasteiger partial charge on any atom is 0.164 e. The summed E-state index contributed by atoms with van der Waals surface area (Å²) in [6.07, 6.45) is 0. The van der Waals surface area contributed by atoms with Crippen LogP contribution in [0.15, 0.2) is 172 Å². The van der Waals surface area contributed by atoms with Crippen LogP contribution in [0.4, 0.5) is 0 Å². The first-order valence-corrected chi connectivity index (χ1v) is 15.4. The van der Waals surface area contributed by atoms with Gasteiger partial charge < -0.3 is 8.83 Å². The third kappa shape index (κ3) is 4.83. The lowest BCUT2D eigenvalue weighted by molar-refractivity contribution is 0.668. The summed E-state index contributed by atoms with van der Waals surface area (Å²) >= 11 is 0. The molecule has 50 heavy (non-hydrogen) atoms. The first kappa shape index (κ1) is 17.0.